The van der Waals surface area contributed by atoms with Crippen molar-refractivity contribution in [2.45, 2.75) is 26.3 Å². The van der Waals surface area contributed by atoms with E-state index >= 15 is 0 Å². The quantitative estimate of drug-likeness (QED) is 0.580. The van der Waals surface area contributed by atoms with Crippen LogP contribution in [0.3, 0.4) is 0 Å². The van der Waals surface area contributed by atoms with Gasteiger partial charge in [0.05, 0.1) is 11.4 Å². The molecule has 0 amide bonds. The van der Waals surface area contributed by atoms with Crippen LogP contribution in [0.15, 0.2) is 67.0 Å². The average molecular weight is 419 g/mol. The number of halogens is 1. The zero-order valence-electron chi connectivity index (χ0n) is 18.0. The van der Waals surface area contributed by atoms with Gasteiger partial charge in [-0.2, -0.15) is 0 Å². The lowest BCUT2D eigenvalue weighted by molar-refractivity contribution is -0.106. The van der Waals surface area contributed by atoms with Gasteiger partial charge in [0.1, 0.15) is 12.1 Å². The van der Waals surface area contributed by atoms with Crippen LogP contribution in [-0.2, 0) is 4.79 Å². The van der Waals surface area contributed by atoms with E-state index in [0.29, 0.717) is 11.7 Å². The normalized spacial score (nSPS) is 16.0. The Morgan fingerprint density at radius 3 is 2.58 bits per heavy atom. The first-order chi connectivity index (χ1) is 15.0. The SMILES string of the molecule is CC1CC=C(c2cc(Nc3cccc(F)c3)cc(-c3cccnc3)n2)CN1C.CC=O. The summed E-state index contributed by atoms with van der Waals surface area (Å²) in [5.41, 5.74) is 5.50. The predicted octanol–water partition coefficient (Wildman–Crippen LogP) is 5.34. The monoisotopic (exact) mass is 418 g/mol. The maximum Gasteiger partial charge on any atom is 0.125 e. The highest BCUT2D eigenvalue weighted by atomic mass is 19.1. The van der Waals surface area contributed by atoms with Gasteiger partial charge in [-0.25, -0.2) is 9.37 Å². The summed E-state index contributed by atoms with van der Waals surface area (Å²) in [4.78, 5) is 20.2. The summed E-state index contributed by atoms with van der Waals surface area (Å²) in [6.45, 7) is 4.52. The van der Waals surface area contributed by atoms with Gasteiger partial charge in [0.25, 0.3) is 0 Å². The van der Waals surface area contributed by atoms with Gasteiger partial charge in [-0.15, -0.1) is 0 Å². The first-order valence-electron chi connectivity index (χ1n) is 10.2. The number of benzene rings is 1. The van der Waals surface area contributed by atoms with E-state index in [-0.39, 0.29) is 5.82 Å². The first kappa shape index (κ1) is 22.3. The van der Waals surface area contributed by atoms with Gasteiger partial charge < -0.3 is 10.1 Å². The predicted molar refractivity (Wildman–Crippen MR) is 124 cm³/mol. The van der Waals surface area contributed by atoms with Gasteiger partial charge >= 0.3 is 0 Å². The van der Waals surface area contributed by atoms with Gasteiger partial charge in [-0.1, -0.05) is 12.1 Å². The zero-order valence-corrected chi connectivity index (χ0v) is 18.0. The Morgan fingerprint density at radius 1 is 1.13 bits per heavy atom. The van der Waals surface area contributed by atoms with Gasteiger partial charge in [0, 0.05) is 41.9 Å². The summed E-state index contributed by atoms with van der Waals surface area (Å²) in [5.74, 6) is -0.266. The van der Waals surface area contributed by atoms with Gasteiger partial charge in [0.2, 0.25) is 0 Å². The largest absolute Gasteiger partial charge is 0.355 e. The van der Waals surface area contributed by atoms with Gasteiger partial charge in [0.15, 0.2) is 0 Å². The maximum absolute atomic E-state index is 13.6. The van der Waals surface area contributed by atoms with Crippen LogP contribution in [0.5, 0.6) is 0 Å². The van der Waals surface area contributed by atoms with Crippen molar-refractivity contribution in [3.8, 4) is 11.3 Å². The molecular weight excluding hydrogens is 391 g/mol. The molecule has 31 heavy (non-hydrogen) atoms. The molecular formula is C25H27FN4O. The molecule has 0 aliphatic carbocycles. The van der Waals surface area contributed by atoms with Crippen molar-refractivity contribution in [3.05, 3.63) is 78.5 Å². The Hall–Kier alpha value is -3.38. The van der Waals surface area contributed by atoms with Crippen LogP contribution in [0, 0.1) is 5.82 Å². The molecule has 3 heterocycles. The van der Waals surface area contributed by atoms with Crippen molar-refractivity contribution in [3.63, 3.8) is 0 Å². The van der Waals surface area contributed by atoms with Crippen molar-refractivity contribution in [1.82, 2.24) is 14.9 Å². The van der Waals surface area contributed by atoms with Crippen molar-refractivity contribution in [2.75, 3.05) is 18.9 Å². The fourth-order valence-corrected chi connectivity index (χ4v) is 3.33. The topological polar surface area (TPSA) is 58.1 Å². The zero-order chi connectivity index (χ0) is 22.2. The molecule has 1 aliphatic heterocycles. The van der Waals surface area contributed by atoms with Crippen molar-refractivity contribution >= 4 is 23.2 Å². The molecule has 4 rings (SSSR count). The fraction of sp³-hybridized carbons (Fsp3) is 0.240. The van der Waals surface area contributed by atoms with E-state index in [1.54, 1.807) is 12.3 Å². The summed E-state index contributed by atoms with van der Waals surface area (Å²) in [7, 11) is 2.13. The van der Waals surface area contributed by atoms with Crippen LogP contribution >= 0.6 is 0 Å². The van der Waals surface area contributed by atoms with E-state index < -0.39 is 0 Å². The van der Waals surface area contributed by atoms with Crippen molar-refractivity contribution in [1.29, 1.82) is 0 Å². The van der Waals surface area contributed by atoms with Crippen LogP contribution in [0.1, 0.15) is 26.0 Å². The Kier molecular flexibility index (Phi) is 7.62. The number of hydrogen-bond acceptors (Lipinski definition) is 5. The average Bonchev–Trinajstić information content (AvgIpc) is 2.77. The second-order valence-electron chi connectivity index (χ2n) is 7.47. The van der Waals surface area contributed by atoms with Crippen LogP contribution in [0.4, 0.5) is 15.8 Å². The highest BCUT2D eigenvalue weighted by Crippen LogP contribution is 2.29. The Balaban J connectivity index is 0.000000858. The second kappa shape index (κ2) is 10.6. The Bertz CT molecular complexity index is 1050. The second-order valence-corrected chi connectivity index (χ2v) is 7.47. The molecule has 0 radical (unpaired) electrons. The molecule has 1 aliphatic rings. The lowest BCUT2D eigenvalue weighted by Gasteiger charge is -2.29. The number of nitrogens with one attached hydrogen (secondary N) is 1. The van der Waals surface area contributed by atoms with E-state index in [0.717, 1.165) is 41.9 Å². The molecule has 0 fully saturated rings. The number of likely N-dealkylation sites (N-methyl/N-ethyl adjacent to an activating group) is 1. The lowest BCUT2D eigenvalue weighted by Crippen LogP contribution is -2.33. The minimum absolute atomic E-state index is 0.266. The molecule has 0 saturated carbocycles. The molecule has 5 nitrogen and oxygen atoms in total. The summed E-state index contributed by atoms with van der Waals surface area (Å²) in [5, 5.41) is 3.31. The van der Waals surface area contributed by atoms with Crippen molar-refractivity contribution in [2.24, 2.45) is 0 Å². The fourth-order valence-electron chi connectivity index (χ4n) is 3.33. The Labute approximate surface area is 182 Å². The number of carbonyl (C=O) groups excluding carboxylic acids is 1. The molecule has 1 atom stereocenters. The number of aldehydes is 1. The Morgan fingerprint density at radius 2 is 1.90 bits per heavy atom. The van der Waals surface area contributed by atoms with Gasteiger partial charge in [-0.3, -0.25) is 9.88 Å². The third-order valence-electron chi connectivity index (χ3n) is 5.10. The highest BCUT2D eigenvalue weighted by molar-refractivity contribution is 5.75. The van der Waals surface area contributed by atoms with E-state index in [4.69, 9.17) is 9.78 Å². The number of anilines is 2. The number of carbonyl (C=O) groups is 1. The third kappa shape index (κ3) is 6.06. The summed E-state index contributed by atoms with van der Waals surface area (Å²) < 4.78 is 13.6. The first-order valence-corrected chi connectivity index (χ1v) is 10.2. The van der Waals surface area contributed by atoms with E-state index in [9.17, 15) is 4.39 Å². The minimum atomic E-state index is -0.266. The molecule has 160 valence electrons. The maximum atomic E-state index is 13.6. The van der Waals surface area contributed by atoms with Crippen molar-refractivity contribution < 1.29 is 9.18 Å². The molecule has 3 aromatic rings. The van der Waals surface area contributed by atoms with Crippen LogP contribution in [-0.4, -0.2) is 40.8 Å². The molecule has 0 saturated heterocycles. The van der Waals surface area contributed by atoms with Crippen LogP contribution in [0.2, 0.25) is 0 Å². The molecule has 0 bridgehead atoms. The molecule has 0 spiro atoms. The lowest BCUT2D eigenvalue weighted by atomic mass is 10.0. The van der Waals surface area contributed by atoms with Crippen LogP contribution in [0.25, 0.3) is 16.8 Å². The number of rotatable bonds is 4. The number of aromatic nitrogens is 2. The van der Waals surface area contributed by atoms with Gasteiger partial charge in [-0.05, 0) is 75.4 Å². The summed E-state index contributed by atoms with van der Waals surface area (Å²) >= 11 is 0. The molecule has 1 aromatic carbocycles. The standard InChI is InChI=1S/C23H23FN4.C2H4O/c1-16-8-9-18(15-28(16)2)23-13-21(26-20-7-3-6-19(24)11-20)12-22(27-23)17-5-4-10-25-14-17;1-2-3/h3-7,9-14,16H,8,15H2,1-2H3,(H,26,27);2H,1H3. The van der Waals surface area contributed by atoms with E-state index in [2.05, 4.69) is 35.2 Å². The number of nitrogens with zero attached hydrogens (tertiary/aromatic N) is 3. The molecule has 2 aromatic heterocycles. The molecule has 6 heteroatoms. The molecule has 1 N–H and O–H groups in total. The van der Waals surface area contributed by atoms with E-state index in [1.165, 1.54) is 24.6 Å². The molecule has 1 unspecified atom stereocenters. The summed E-state index contributed by atoms with van der Waals surface area (Å²) in [6.07, 6.45) is 7.57. The van der Waals surface area contributed by atoms with E-state index in [1.807, 2.05) is 36.5 Å². The number of hydrogen-bond donors (Lipinski definition) is 1. The third-order valence-corrected chi connectivity index (χ3v) is 5.10. The minimum Gasteiger partial charge on any atom is -0.355 e. The smallest absolute Gasteiger partial charge is 0.125 e. The highest BCUT2D eigenvalue weighted by Gasteiger charge is 2.18. The summed E-state index contributed by atoms with van der Waals surface area (Å²) in [6, 6.07) is 14.9. The number of pyridine rings is 2. The van der Waals surface area contributed by atoms with Crippen LogP contribution < -0.4 is 5.32 Å².